The smallest absolute Gasteiger partial charge is 0.222 e. The lowest BCUT2D eigenvalue weighted by atomic mass is 9.97. The van der Waals surface area contributed by atoms with Crippen molar-refractivity contribution in [3.8, 4) is 10.6 Å². The Morgan fingerprint density at radius 1 is 1.15 bits per heavy atom. The van der Waals surface area contributed by atoms with Gasteiger partial charge in [0.05, 0.1) is 10.7 Å². The van der Waals surface area contributed by atoms with E-state index < -0.39 is 0 Å². The molecule has 2 aromatic heterocycles. The number of piperidine rings is 1. The van der Waals surface area contributed by atoms with Crippen molar-refractivity contribution in [2.75, 3.05) is 13.1 Å². The number of benzene rings is 1. The predicted molar refractivity (Wildman–Crippen MR) is 107 cm³/mol. The van der Waals surface area contributed by atoms with E-state index >= 15 is 0 Å². The third-order valence-corrected chi connectivity index (χ3v) is 6.69. The number of thiazole rings is 2. The molecule has 1 aromatic carbocycles. The summed E-state index contributed by atoms with van der Waals surface area (Å²) in [6.07, 6.45) is 5.17. The van der Waals surface area contributed by atoms with Crippen LogP contribution in [-0.2, 0) is 11.2 Å². The summed E-state index contributed by atoms with van der Waals surface area (Å²) in [6.45, 7) is 1.69. The number of amides is 1. The van der Waals surface area contributed by atoms with Crippen molar-refractivity contribution < 1.29 is 4.79 Å². The van der Waals surface area contributed by atoms with Gasteiger partial charge in [-0.05, 0) is 19.3 Å². The Morgan fingerprint density at radius 2 is 1.96 bits per heavy atom. The molecule has 1 saturated heterocycles. The van der Waals surface area contributed by atoms with Gasteiger partial charge in [-0.25, -0.2) is 9.97 Å². The number of nitrogens with zero attached hydrogens (tertiary/aromatic N) is 3. The number of likely N-dealkylation sites (tertiary alicyclic amines) is 1. The Labute approximate surface area is 161 Å². The summed E-state index contributed by atoms with van der Waals surface area (Å²) in [6, 6.07) is 10.2. The highest BCUT2D eigenvalue weighted by molar-refractivity contribution is 7.13. The fourth-order valence-electron chi connectivity index (χ4n) is 3.34. The molecule has 0 saturated carbocycles. The first-order valence-corrected chi connectivity index (χ1v) is 10.7. The predicted octanol–water partition coefficient (Wildman–Crippen LogP) is 4.61. The molecule has 0 bridgehead atoms. The minimum Gasteiger partial charge on any atom is -0.343 e. The van der Waals surface area contributed by atoms with Gasteiger partial charge in [-0.3, -0.25) is 4.79 Å². The van der Waals surface area contributed by atoms with Crippen LogP contribution < -0.4 is 0 Å². The topological polar surface area (TPSA) is 46.1 Å². The molecule has 0 spiro atoms. The molecule has 1 fully saturated rings. The average molecular weight is 384 g/mol. The molecule has 3 aromatic rings. The highest BCUT2D eigenvalue weighted by Crippen LogP contribution is 2.29. The summed E-state index contributed by atoms with van der Waals surface area (Å²) in [5, 5.41) is 6.35. The van der Waals surface area contributed by atoms with Crippen molar-refractivity contribution in [1.29, 1.82) is 0 Å². The van der Waals surface area contributed by atoms with Crippen LogP contribution in [0.25, 0.3) is 10.6 Å². The second-order valence-corrected chi connectivity index (χ2v) is 8.32. The SMILES string of the molecule is O=C(CCc1csc(-c2ccccc2)n1)N1CCC(c2nccs2)CC1. The third kappa shape index (κ3) is 4.02. The van der Waals surface area contributed by atoms with Crippen LogP contribution in [0.3, 0.4) is 0 Å². The lowest BCUT2D eigenvalue weighted by molar-refractivity contribution is -0.132. The quantitative estimate of drug-likeness (QED) is 0.646. The van der Waals surface area contributed by atoms with Crippen molar-refractivity contribution in [3.63, 3.8) is 0 Å². The molecule has 4 rings (SSSR count). The number of carbonyl (C=O) groups excluding carboxylic acids is 1. The molecule has 0 unspecified atom stereocenters. The number of hydrogen-bond donors (Lipinski definition) is 0. The zero-order valence-electron chi connectivity index (χ0n) is 14.5. The summed E-state index contributed by atoms with van der Waals surface area (Å²) in [5.41, 5.74) is 2.15. The van der Waals surface area contributed by atoms with Crippen molar-refractivity contribution >= 4 is 28.6 Å². The molecule has 4 nitrogen and oxygen atoms in total. The van der Waals surface area contributed by atoms with Crippen LogP contribution in [0.4, 0.5) is 0 Å². The lowest BCUT2D eigenvalue weighted by Crippen LogP contribution is -2.38. The summed E-state index contributed by atoms with van der Waals surface area (Å²) in [4.78, 5) is 23.6. The molecule has 26 heavy (non-hydrogen) atoms. The van der Waals surface area contributed by atoms with Gasteiger partial charge in [-0.15, -0.1) is 22.7 Å². The maximum absolute atomic E-state index is 12.5. The fraction of sp³-hybridized carbons (Fsp3) is 0.350. The summed E-state index contributed by atoms with van der Waals surface area (Å²) >= 11 is 3.37. The van der Waals surface area contributed by atoms with E-state index in [0.29, 0.717) is 18.8 Å². The highest BCUT2D eigenvalue weighted by atomic mass is 32.1. The monoisotopic (exact) mass is 383 g/mol. The maximum Gasteiger partial charge on any atom is 0.222 e. The zero-order valence-corrected chi connectivity index (χ0v) is 16.1. The summed E-state index contributed by atoms with van der Waals surface area (Å²) < 4.78 is 0. The zero-order chi connectivity index (χ0) is 17.8. The van der Waals surface area contributed by atoms with Crippen molar-refractivity contribution in [2.45, 2.75) is 31.6 Å². The molecule has 1 aliphatic heterocycles. The van der Waals surface area contributed by atoms with Gasteiger partial charge in [0.1, 0.15) is 5.01 Å². The number of hydrogen-bond acceptors (Lipinski definition) is 5. The van der Waals surface area contributed by atoms with E-state index in [4.69, 9.17) is 0 Å². The van der Waals surface area contributed by atoms with Crippen LogP contribution >= 0.6 is 22.7 Å². The van der Waals surface area contributed by atoms with Gasteiger partial charge in [0, 0.05) is 47.9 Å². The molecule has 1 aliphatic rings. The first-order chi connectivity index (χ1) is 12.8. The number of aryl methyl sites for hydroxylation is 1. The first kappa shape index (κ1) is 17.4. The first-order valence-electron chi connectivity index (χ1n) is 8.96. The molecule has 134 valence electrons. The van der Waals surface area contributed by atoms with Crippen LogP contribution in [-0.4, -0.2) is 33.9 Å². The molecule has 0 N–H and O–H groups in total. The summed E-state index contributed by atoms with van der Waals surface area (Å²) in [5.74, 6) is 0.767. The highest BCUT2D eigenvalue weighted by Gasteiger charge is 2.25. The Hall–Kier alpha value is -2.05. The molecule has 1 amide bonds. The van der Waals surface area contributed by atoms with Crippen molar-refractivity contribution in [1.82, 2.24) is 14.9 Å². The van der Waals surface area contributed by atoms with Gasteiger partial charge in [0.15, 0.2) is 0 Å². The van der Waals surface area contributed by atoms with E-state index in [1.54, 1.807) is 22.7 Å². The number of aromatic nitrogens is 2. The molecular weight excluding hydrogens is 362 g/mol. The molecule has 0 aliphatic carbocycles. The minimum absolute atomic E-state index is 0.247. The largest absolute Gasteiger partial charge is 0.343 e. The Balaban J connectivity index is 1.28. The molecule has 0 radical (unpaired) electrons. The maximum atomic E-state index is 12.5. The van der Waals surface area contributed by atoms with Gasteiger partial charge >= 0.3 is 0 Å². The third-order valence-electron chi connectivity index (χ3n) is 4.82. The second kappa shape index (κ2) is 8.10. The van der Waals surface area contributed by atoms with Crippen molar-refractivity contribution in [2.24, 2.45) is 0 Å². The second-order valence-electron chi connectivity index (χ2n) is 6.54. The summed E-state index contributed by atoms with van der Waals surface area (Å²) in [7, 11) is 0. The molecular formula is C20H21N3OS2. The lowest BCUT2D eigenvalue weighted by Gasteiger charge is -2.31. The van der Waals surface area contributed by atoms with Gasteiger partial charge < -0.3 is 4.90 Å². The van der Waals surface area contributed by atoms with E-state index in [9.17, 15) is 4.79 Å². The van der Waals surface area contributed by atoms with Gasteiger partial charge in [-0.1, -0.05) is 30.3 Å². The van der Waals surface area contributed by atoms with Crippen LogP contribution in [0, 0.1) is 0 Å². The Morgan fingerprint density at radius 3 is 2.69 bits per heavy atom. The van der Waals surface area contributed by atoms with E-state index in [1.807, 2.05) is 34.7 Å². The average Bonchev–Trinajstić information content (AvgIpc) is 3.39. The van der Waals surface area contributed by atoms with E-state index in [2.05, 4.69) is 27.5 Å². The van der Waals surface area contributed by atoms with Crippen LogP contribution in [0.1, 0.15) is 35.9 Å². The normalized spacial score (nSPS) is 15.3. The van der Waals surface area contributed by atoms with Gasteiger partial charge in [0.25, 0.3) is 0 Å². The van der Waals surface area contributed by atoms with E-state index in [0.717, 1.165) is 42.2 Å². The number of rotatable bonds is 5. The van der Waals surface area contributed by atoms with Crippen LogP contribution in [0.5, 0.6) is 0 Å². The van der Waals surface area contributed by atoms with Crippen LogP contribution in [0.15, 0.2) is 47.3 Å². The molecule has 0 atom stereocenters. The van der Waals surface area contributed by atoms with Crippen LogP contribution in [0.2, 0.25) is 0 Å². The van der Waals surface area contributed by atoms with E-state index in [-0.39, 0.29) is 5.91 Å². The number of carbonyl (C=O) groups is 1. The van der Waals surface area contributed by atoms with Gasteiger partial charge in [-0.2, -0.15) is 0 Å². The van der Waals surface area contributed by atoms with Crippen molar-refractivity contribution in [3.05, 3.63) is 58.0 Å². The molecule has 6 heteroatoms. The Kier molecular flexibility index (Phi) is 5.41. The fourth-order valence-corrected chi connectivity index (χ4v) is 5.01. The Bertz CT molecular complexity index is 837. The molecule has 3 heterocycles. The van der Waals surface area contributed by atoms with Gasteiger partial charge in [0.2, 0.25) is 5.91 Å². The van der Waals surface area contributed by atoms with E-state index in [1.165, 1.54) is 5.01 Å². The standard InChI is InChI=1S/C20H21N3OS2/c24-18(23-11-8-16(9-12-23)19-21-10-13-25-19)7-6-17-14-26-20(22-17)15-4-2-1-3-5-15/h1-5,10,13-14,16H,6-9,11-12H2. The minimum atomic E-state index is 0.247.